The number of rotatable bonds is 7. The highest BCUT2D eigenvalue weighted by atomic mass is 32.2. The van der Waals surface area contributed by atoms with Crippen LogP contribution in [-0.2, 0) is 9.84 Å². The second kappa shape index (κ2) is 10.7. The van der Waals surface area contributed by atoms with Crippen molar-refractivity contribution in [1.29, 1.82) is 0 Å². The predicted octanol–water partition coefficient (Wildman–Crippen LogP) is 6.25. The molecule has 1 fully saturated rings. The number of halogens is 1. The number of sulfone groups is 1. The molecule has 6 nitrogen and oxygen atoms in total. The van der Waals surface area contributed by atoms with E-state index in [-0.39, 0.29) is 16.4 Å². The first-order chi connectivity index (χ1) is 18.5. The molecular weight excluding hydrogens is 517 g/mol. The van der Waals surface area contributed by atoms with Gasteiger partial charge in [0, 0.05) is 35.5 Å². The highest BCUT2D eigenvalue weighted by Crippen LogP contribution is 2.48. The molecule has 3 aromatic carbocycles. The standard InChI is InChI=1S/C31H34FNO5S/c1-19-6-5-15-33(19)20(2)18-37-25-11-7-23(8-12-25)30-29(22-9-13-26(14-10-22)39(4,35)36)21(3)27-16-24(34)17-28(32)31(27)38-30/h7-14,16-17,19-20,30,34H,5-6,15,18H2,1-4H3. The summed E-state index contributed by atoms with van der Waals surface area (Å²) in [5, 5.41) is 10.1. The van der Waals surface area contributed by atoms with Crippen molar-refractivity contribution >= 4 is 21.0 Å². The molecule has 2 heterocycles. The molecule has 0 bridgehead atoms. The summed E-state index contributed by atoms with van der Waals surface area (Å²) >= 11 is 0. The van der Waals surface area contributed by atoms with Gasteiger partial charge in [0.25, 0.3) is 0 Å². The van der Waals surface area contributed by atoms with Crippen LogP contribution in [0.2, 0.25) is 0 Å². The zero-order valence-electron chi connectivity index (χ0n) is 22.6. The number of phenols is 1. The average molecular weight is 552 g/mol. The van der Waals surface area contributed by atoms with E-state index in [2.05, 4.69) is 18.7 Å². The first-order valence-corrected chi connectivity index (χ1v) is 15.1. The van der Waals surface area contributed by atoms with Crippen LogP contribution in [0.5, 0.6) is 17.2 Å². The van der Waals surface area contributed by atoms with Gasteiger partial charge in [0.1, 0.15) is 24.2 Å². The molecule has 5 rings (SSSR count). The van der Waals surface area contributed by atoms with Crippen LogP contribution >= 0.6 is 0 Å². The van der Waals surface area contributed by atoms with E-state index in [4.69, 9.17) is 9.47 Å². The van der Waals surface area contributed by atoms with Gasteiger partial charge in [-0.15, -0.1) is 0 Å². The van der Waals surface area contributed by atoms with Crippen LogP contribution in [0.25, 0.3) is 11.1 Å². The fourth-order valence-corrected chi connectivity index (χ4v) is 6.27. The van der Waals surface area contributed by atoms with Crippen LogP contribution in [0.15, 0.2) is 65.6 Å². The Kier molecular flexibility index (Phi) is 7.44. The summed E-state index contributed by atoms with van der Waals surface area (Å²) in [6, 6.07) is 17.6. The maximum Gasteiger partial charge on any atom is 0.175 e. The lowest BCUT2D eigenvalue weighted by atomic mass is 9.86. The van der Waals surface area contributed by atoms with Gasteiger partial charge in [0.05, 0.1) is 4.90 Å². The molecule has 0 aliphatic carbocycles. The van der Waals surface area contributed by atoms with E-state index in [9.17, 15) is 17.9 Å². The monoisotopic (exact) mass is 551 g/mol. The molecule has 3 unspecified atom stereocenters. The van der Waals surface area contributed by atoms with Crippen molar-refractivity contribution in [2.75, 3.05) is 19.4 Å². The summed E-state index contributed by atoms with van der Waals surface area (Å²) in [6.07, 6.45) is 2.95. The van der Waals surface area contributed by atoms with Crippen LogP contribution < -0.4 is 9.47 Å². The summed E-state index contributed by atoms with van der Waals surface area (Å²) in [4.78, 5) is 2.68. The van der Waals surface area contributed by atoms with Crippen molar-refractivity contribution in [3.63, 3.8) is 0 Å². The van der Waals surface area contributed by atoms with Crippen molar-refractivity contribution in [1.82, 2.24) is 4.90 Å². The fraction of sp³-hybridized carbons (Fsp3) is 0.355. The second-order valence-electron chi connectivity index (χ2n) is 10.6. The maximum atomic E-state index is 14.9. The van der Waals surface area contributed by atoms with Crippen LogP contribution in [0.3, 0.4) is 0 Å². The highest BCUT2D eigenvalue weighted by molar-refractivity contribution is 7.90. The molecule has 3 atom stereocenters. The normalized spacial score (nSPS) is 20.4. The largest absolute Gasteiger partial charge is 0.508 e. The van der Waals surface area contributed by atoms with Crippen molar-refractivity contribution in [2.45, 2.75) is 56.7 Å². The van der Waals surface area contributed by atoms with Crippen LogP contribution in [-0.4, -0.2) is 49.9 Å². The van der Waals surface area contributed by atoms with Crippen molar-refractivity contribution < 1.29 is 27.4 Å². The molecule has 2 aliphatic rings. The summed E-state index contributed by atoms with van der Waals surface area (Å²) in [7, 11) is -3.36. The molecule has 0 aromatic heterocycles. The molecule has 206 valence electrons. The minimum Gasteiger partial charge on any atom is -0.508 e. The highest BCUT2D eigenvalue weighted by Gasteiger charge is 2.32. The zero-order chi connectivity index (χ0) is 27.9. The molecule has 3 aromatic rings. The number of aromatic hydroxyl groups is 1. The van der Waals surface area contributed by atoms with Gasteiger partial charge >= 0.3 is 0 Å². The van der Waals surface area contributed by atoms with Crippen molar-refractivity contribution in [2.24, 2.45) is 0 Å². The fourth-order valence-electron chi connectivity index (χ4n) is 5.64. The topological polar surface area (TPSA) is 76.1 Å². The Morgan fingerprint density at radius 3 is 2.44 bits per heavy atom. The maximum absolute atomic E-state index is 14.9. The summed E-state index contributed by atoms with van der Waals surface area (Å²) in [5.74, 6) is -0.0328. The number of likely N-dealkylation sites (tertiary alicyclic amines) is 1. The van der Waals surface area contributed by atoms with Gasteiger partial charge in [0.15, 0.2) is 21.4 Å². The molecule has 0 amide bonds. The Balaban J connectivity index is 1.46. The zero-order valence-corrected chi connectivity index (χ0v) is 23.5. The van der Waals surface area contributed by atoms with Crippen LogP contribution in [0, 0.1) is 5.82 Å². The average Bonchev–Trinajstić information content (AvgIpc) is 3.33. The Morgan fingerprint density at radius 2 is 1.82 bits per heavy atom. The van der Waals surface area contributed by atoms with E-state index in [1.807, 2.05) is 31.2 Å². The van der Waals surface area contributed by atoms with Gasteiger partial charge in [-0.2, -0.15) is 0 Å². The van der Waals surface area contributed by atoms with Gasteiger partial charge in [-0.3, -0.25) is 4.90 Å². The number of allylic oxidation sites excluding steroid dienone is 1. The molecule has 2 aliphatic heterocycles. The third kappa shape index (κ3) is 5.54. The van der Waals surface area contributed by atoms with E-state index in [1.165, 1.54) is 18.9 Å². The summed E-state index contributed by atoms with van der Waals surface area (Å²) in [6.45, 7) is 7.98. The minimum atomic E-state index is -3.36. The number of benzene rings is 3. The minimum absolute atomic E-state index is 0.0701. The molecule has 8 heteroatoms. The molecule has 0 saturated carbocycles. The number of phenolic OH excluding ortho intramolecular Hbond substituents is 1. The number of ether oxygens (including phenoxy) is 2. The van der Waals surface area contributed by atoms with E-state index < -0.39 is 21.8 Å². The molecule has 0 spiro atoms. The predicted molar refractivity (Wildman–Crippen MR) is 150 cm³/mol. The molecular formula is C31H34FNO5S. The molecule has 1 N–H and O–H groups in total. The van der Waals surface area contributed by atoms with Crippen molar-refractivity contribution in [3.8, 4) is 17.2 Å². The van der Waals surface area contributed by atoms with Gasteiger partial charge in [-0.25, -0.2) is 12.8 Å². The second-order valence-corrected chi connectivity index (χ2v) is 12.6. The van der Waals surface area contributed by atoms with E-state index >= 15 is 0 Å². The number of nitrogens with zero attached hydrogens (tertiary/aromatic N) is 1. The summed E-state index contributed by atoms with van der Waals surface area (Å²) in [5.41, 5.74) is 3.49. The van der Waals surface area contributed by atoms with Crippen LogP contribution in [0.4, 0.5) is 4.39 Å². The van der Waals surface area contributed by atoms with E-state index in [0.717, 1.165) is 46.9 Å². The van der Waals surface area contributed by atoms with E-state index in [0.29, 0.717) is 24.3 Å². The van der Waals surface area contributed by atoms with Crippen molar-refractivity contribution in [3.05, 3.63) is 83.2 Å². The lowest BCUT2D eigenvalue weighted by Crippen LogP contribution is -2.39. The van der Waals surface area contributed by atoms with Gasteiger partial charge < -0.3 is 14.6 Å². The number of hydrogen-bond acceptors (Lipinski definition) is 6. The van der Waals surface area contributed by atoms with Gasteiger partial charge in [-0.1, -0.05) is 24.3 Å². The Labute approximate surface area is 229 Å². The van der Waals surface area contributed by atoms with Gasteiger partial charge in [0.2, 0.25) is 0 Å². The lowest BCUT2D eigenvalue weighted by molar-refractivity contribution is 0.141. The van der Waals surface area contributed by atoms with E-state index in [1.54, 1.807) is 24.3 Å². The SMILES string of the molecule is CC1=C(c2ccc(S(C)(=O)=O)cc2)C(c2ccc(OCC(C)N3CCCC3C)cc2)Oc2c(F)cc(O)cc21. The Morgan fingerprint density at radius 1 is 1.13 bits per heavy atom. The molecule has 0 radical (unpaired) electrons. The smallest absolute Gasteiger partial charge is 0.175 e. The Bertz CT molecular complexity index is 1500. The molecule has 1 saturated heterocycles. The lowest BCUT2D eigenvalue weighted by Gasteiger charge is -2.31. The van der Waals surface area contributed by atoms with Gasteiger partial charge in [-0.05, 0) is 87.2 Å². The first kappa shape index (κ1) is 27.2. The van der Waals surface area contributed by atoms with Crippen LogP contribution in [0.1, 0.15) is 56.4 Å². The third-order valence-corrected chi connectivity index (χ3v) is 8.90. The number of fused-ring (bicyclic) bond motifs is 1. The third-order valence-electron chi connectivity index (χ3n) is 7.77. The Hall–Kier alpha value is -3.36. The summed E-state index contributed by atoms with van der Waals surface area (Å²) < 4.78 is 51.3. The first-order valence-electron chi connectivity index (χ1n) is 13.2. The quantitative estimate of drug-likeness (QED) is 0.374. The number of hydrogen-bond donors (Lipinski definition) is 1. The molecule has 39 heavy (non-hydrogen) atoms.